The molecule has 57 heavy (non-hydrogen) atoms. The van der Waals surface area contributed by atoms with Gasteiger partial charge >= 0.3 is 12.2 Å². The normalized spacial score (nSPS) is 14.2. The Hall–Kier alpha value is -5.64. The van der Waals surface area contributed by atoms with Crippen LogP contribution in [0.5, 0.6) is 0 Å². The molecule has 0 fully saturated rings. The number of amides is 4. The van der Waals surface area contributed by atoms with Gasteiger partial charge in [-0.05, 0) is 60.1 Å². The van der Waals surface area contributed by atoms with Gasteiger partial charge in [0.05, 0.1) is 29.5 Å². The van der Waals surface area contributed by atoms with Gasteiger partial charge < -0.3 is 26.0 Å². The Kier molecular flexibility index (Phi) is 15.9. The van der Waals surface area contributed by atoms with E-state index in [0.29, 0.717) is 16.2 Å². The maximum absolute atomic E-state index is 17.8. The number of alkyl halides is 2. The lowest BCUT2D eigenvalue weighted by molar-refractivity contribution is -0.182. The second-order valence-corrected chi connectivity index (χ2v) is 14.3. The molecule has 5 N–H and O–H groups in total. The summed E-state index contributed by atoms with van der Waals surface area (Å²) < 4.78 is 46.4. The average molecular weight is 789 g/mol. The average Bonchev–Trinajstić information content (AvgIpc) is 3.22. The number of pyridine rings is 2. The Bertz CT molecular complexity index is 1890. The molecule has 0 radical (unpaired) electrons. The van der Waals surface area contributed by atoms with Crippen molar-refractivity contribution in [1.82, 2.24) is 19.8 Å². The largest absolute Gasteiger partial charge is 0.443 e. The molecule has 2 aromatic carbocycles. The van der Waals surface area contributed by atoms with E-state index >= 15 is 8.78 Å². The molecule has 0 bridgehead atoms. The van der Waals surface area contributed by atoms with Gasteiger partial charge in [0.2, 0.25) is 11.8 Å². The summed E-state index contributed by atoms with van der Waals surface area (Å²) in [6.45, 7) is 5.43. The Morgan fingerprint density at radius 1 is 0.649 bits per heavy atom. The van der Waals surface area contributed by atoms with Crippen LogP contribution in [-0.2, 0) is 45.1 Å². The minimum absolute atomic E-state index is 0.231. The van der Waals surface area contributed by atoms with Crippen LogP contribution < -0.4 is 11.5 Å². The first-order chi connectivity index (χ1) is 27.1. The van der Waals surface area contributed by atoms with Crippen LogP contribution in [0.1, 0.15) is 50.2 Å². The van der Waals surface area contributed by atoms with E-state index in [1.807, 2.05) is 0 Å². The van der Waals surface area contributed by atoms with Gasteiger partial charge in [0.1, 0.15) is 25.4 Å². The van der Waals surface area contributed by atoms with Gasteiger partial charge in [0.15, 0.2) is 0 Å². The molecule has 0 spiro atoms. The standard InChI is InChI=1S/C42H50F2N6O7/c1-27(2)35(45)38(52)49(40(54)56-25-31-19-11-13-21-47-31)33(23-29-15-7-5-8-16-29)37(51)42(43,44)34(24-30-17-9-6-10-18-30)50(39(53)36(46)28(3)4)41(55)57-26-32-20-12-14-22-48-32/h5-22,27-28,33-37,51H,23-26,45-46H2,1-4H3/t33?,34?,35-,36-,37?/m0/s1. The summed E-state index contributed by atoms with van der Waals surface area (Å²) in [5, 5.41) is 12.2. The minimum atomic E-state index is -4.48. The van der Waals surface area contributed by atoms with E-state index in [1.165, 1.54) is 30.6 Å². The fourth-order valence-electron chi connectivity index (χ4n) is 5.92. The Labute approximate surface area is 331 Å². The number of nitrogens with zero attached hydrogens (tertiary/aromatic N) is 4. The molecule has 2 aromatic heterocycles. The molecule has 4 amide bonds. The summed E-state index contributed by atoms with van der Waals surface area (Å²) in [6, 6.07) is 18.1. The van der Waals surface area contributed by atoms with E-state index < -0.39 is 98.1 Å². The molecule has 0 saturated heterocycles. The molecule has 3 unspecified atom stereocenters. The molecule has 13 nitrogen and oxygen atoms in total. The third kappa shape index (κ3) is 11.7. The predicted octanol–water partition coefficient (Wildman–Crippen LogP) is 5.29. The minimum Gasteiger partial charge on any atom is -0.443 e. The van der Waals surface area contributed by atoms with Crippen LogP contribution in [0.25, 0.3) is 0 Å². The topological polar surface area (TPSA) is 191 Å². The van der Waals surface area contributed by atoms with E-state index in [2.05, 4.69) is 9.97 Å². The van der Waals surface area contributed by atoms with E-state index in [1.54, 1.807) is 107 Å². The maximum Gasteiger partial charge on any atom is 0.417 e. The zero-order valence-corrected chi connectivity index (χ0v) is 32.4. The van der Waals surface area contributed by atoms with Crippen molar-refractivity contribution in [2.24, 2.45) is 23.3 Å². The Morgan fingerprint density at radius 3 is 1.47 bits per heavy atom. The van der Waals surface area contributed by atoms with Crippen LogP contribution in [0, 0.1) is 11.8 Å². The molecule has 0 saturated carbocycles. The van der Waals surface area contributed by atoms with E-state index in [-0.39, 0.29) is 16.2 Å². The highest BCUT2D eigenvalue weighted by molar-refractivity contribution is 5.96. The number of carbonyl (C=O) groups is 4. The van der Waals surface area contributed by atoms with Gasteiger partial charge in [-0.1, -0.05) is 100 Å². The molecule has 0 aliphatic carbocycles. The van der Waals surface area contributed by atoms with Crippen molar-refractivity contribution in [1.29, 1.82) is 0 Å². The van der Waals surface area contributed by atoms with Gasteiger partial charge in [0.25, 0.3) is 5.92 Å². The molecule has 4 aromatic rings. The molecule has 5 atom stereocenters. The summed E-state index contributed by atoms with van der Waals surface area (Å²) in [4.78, 5) is 65.2. The van der Waals surface area contributed by atoms with Crippen LogP contribution >= 0.6 is 0 Å². The van der Waals surface area contributed by atoms with Crippen LogP contribution in [0.4, 0.5) is 18.4 Å². The summed E-state index contributed by atoms with van der Waals surface area (Å²) in [6.07, 6.45) is -4.09. The van der Waals surface area contributed by atoms with Crippen LogP contribution in [0.15, 0.2) is 109 Å². The van der Waals surface area contributed by atoms with Crippen LogP contribution in [0.3, 0.4) is 0 Å². The van der Waals surface area contributed by atoms with Crippen LogP contribution in [0.2, 0.25) is 0 Å². The number of aliphatic hydroxyl groups is 1. The second kappa shape index (κ2) is 20.5. The molecule has 0 aliphatic rings. The third-order valence-corrected chi connectivity index (χ3v) is 9.42. The SMILES string of the molecule is CC(C)[C@H](N)C(=O)N(C(=O)OCc1ccccn1)C(Cc1ccccc1)C(O)C(F)(F)C(Cc1ccccc1)N(C(=O)OCc1ccccn1)C(=O)[C@@H](N)C(C)C. The summed E-state index contributed by atoms with van der Waals surface area (Å²) in [5.41, 5.74) is 13.7. The third-order valence-electron chi connectivity index (χ3n) is 9.42. The lowest BCUT2D eigenvalue weighted by Crippen LogP contribution is -2.67. The van der Waals surface area contributed by atoms with Crippen molar-refractivity contribution in [2.45, 2.75) is 89.9 Å². The van der Waals surface area contributed by atoms with Crippen LogP contribution in [-0.4, -0.2) is 85.1 Å². The highest BCUT2D eigenvalue weighted by Crippen LogP contribution is 2.36. The zero-order chi connectivity index (χ0) is 41.7. The monoisotopic (exact) mass is 788 g/mol. The van der Waals surface area contributed by atoms with Crippen molar-refractivity contribution in [3.8, 4) is 0 Å². The van der Waals surface area contributed by atoms with Gasteiger partial charge in [-0.25, -0.2) is 28.2 Å². The van der Waals surface area contributed by atoms with Gasteiger partial charge in [-0.3, -0.25) is 19.6 Å². The maximum atomic E-state index is 17.8. The fourth-order valence-corrected chi connectivity index (χ4v) is 5.92. The summed E-state index contributed by atoms with van der Waals surface area (Å²) >= 11 is 0. The number of imide groups is 2. The first-order valence-corrected chi connectivity index (χ1v) is 18.6. The number of nitrogens with two attached hydrogens (primary N) is 2. The van der Waals surface area contributed by atoms with Gasteiger partial charge in [-0.2, -0.15) is 0 Å². The van der Waals surface area contributed by atoms with Gasteiger partial charge in [-0.15, -0.1) is 0 Å². The number of carbonyl (C=O) groups excluding carboxylic acids is 4. The number of aromatic nitrogens is 2. The van der Waals surface area contributed by atoms with E-state index in [4.69, 9.17) is 20.9 Å². The zero-order valence-electron chi connectivity index (χ0n) is 32.4. The molecular formula is C42H50F2N6O7. The summed E-state index contributed by atoms with van der Waals surface area (Å²) in [5.74, 6) is -7.98. The predicted molar refractivity (Wildman–Crippen MR) is 207 cm³/mol. The van der Waals surface area contributed by atoms with Crippen molar-refractivity contribution in [2.75, 3.05) is 0 Å². The smallest absolute Gasteiger partial charge is 0.417 e. The van der Waals surface area contributed by atoms with Crippen molar-refractivity contribution in [3.05, 3.63) is 132 Å². The molecule has 0 aliphatic heterocycles. The fraction of sp³-hybridized carbons (Fsp3) is 0.381. The number of halogens is 2. The number of rotatable bonds is 17. The molecular weight excluding hydrogens is 738 g/mol. The first kappa shape index (κ1) is 44.1. The number of ether oxygens (including phenoxy) is 2. The van der Waals surface area contributed by atoms with E-state index in [0.717, 1.165) is 0 Å². The highest BCUT2D eigenvalue weighted by Gasteiger charge is 2.58. The van der Waals surface area contributed by atoms with Crippen molar-refractivity contribution < 1.29 is 42.5 Å². The Balaban J connectivity index is 1.88. The number of hydrogen-bond donors (Lipinski definition) is 3. The first-order valence-electron chi connectivity index (χ1n) is 18.6. The highest BCUT2D eigenvalue weighted by atomic mass is 19.3. The Morgan fingerprint density at radius 2 is 1.05 bits per heavy atom. The second-order valence-electron chi connectivity index (χ2n) is 14.3. The van der Waals surface area contributed by atoms with E-state index in [9.17, 15) is 24.3 Å². The lowest BCUT2D eigenvalue weighted by Gasteiger charge is -2.42. The quantitative estimate of drug-likeness (QED) is 0.126. The molecule has 304 valence electrons. The van der Waals surface area contributed by atoms with Crippen molar-refractivity contribution >= 4 is 24.0 Å². The molecule has 2 heterocycles. The number of hydrogen-bond acceptors (Lipinski definition) is 11. The molecule has 4 rings (SSSR count). The summed E-state index contributed by atoms with van der Waals surface area (Å²) in [7, 11) is 0. The number of aliphatic hydroxyl groups excluding tert-OH is 1. The van der Waals surface area contributed by atoms with Gasteiger partial charge in [0, 0.05) is 12.4 Å². The lowest BCUT2D eigenvalue weighted by atomic mass is 9.87. The molecule has 15 heteroatoms. The van der Waals surface area contributed by atoms with Crippen molar-refractivity contribution in [3.63, 3.8) is 0 Å². The number of benzene rings is 2.